The lowest BCUT2D eigenvalue weighted by Gasteiger charge is -2.34. The van der Waals surface area contributed by atoms with Gasteiger partial charge in [-0.1, -0.05) is 11.3 Å². The highest BCUT2D eigenvalue weighted by Gasteiger charge is 2.29. The monoisotopic (exact) mass is 313 g/mol. The molecule has 2 rings (SSSR count). The summed E-state index contributed by atoms with van der Waals surface area (Å²) >= 11 is 1.13. The van der Waals surface area contributed by atoms with Gasteiger partial charge in [0.1, 0.15) is 5.60 Å². The lowest BCUT2D eigenvalue weighted by Crippen LogP contribution is -2.49. The maximum atomic E-state index is 12.1. The van der Waals surface area contributed by atoms with E-state index in [0.717, 1.165) is 16.2 Å². The Kier molecular flexibility index (Phi) is 4.48. The van der Waals surface area contributed by atoms with E-state index in [1.165, 1.54) is 6.07 Å². The first-order valence-electron chi connectivity index (χ1n) is 6.72. The second-order valence-corrected chi connectivity index (χ2v) is 6.96. The molecular formula is C13H19N3O4S. The molecule has 0 spiro atoms. The fourth-order valence-electron chi connectivity index (χ4n) is 2.06. The van der Waals surface area contributed by atoms with E-state index >= 15 is 0 Å². The fraction of sp³-hybridized carbons (Fsp3) is 0.615. The van der Waals surface area contributed by atoms with Gasteiger partial charge < -0.3 is 15.0 Å². The van der Waals surface area contributed by atoms with E-state index in [-0.39, 0.29) is 17.1 Å². The van der Waals surface area contributed by atoms with Crippen molar-refractivity contribution in [1.82, 2.24) is 10.2 Å². The van der Waals surface area contributed by atoms with Crippen LogP contribution in [-0.4, -0.2) is 41.2 Å². The summed E-state index contributed by atoms with van der Waals surface area (Å²) < 4.78 is 5.36. The number of hydrogen-bond acceptors (Lipinski definition) is 6. The smallest absolute Gasteiger partial charge is 0.410 e. The van der Waals surface area contributed by atoms with Gasteiger partial charge in [-0.25, -0.2) is 4.79 Å². The molecular weight excluding hydrogens is 294 g/mol. The number of nitrogens with one attached hydrogen (secondary N) is 1. The minimum absolute atomic E-state index is 0.0926. The summed E-state index contributed by atoms with van der Waals surface area (Å²) in [6.07, 6.45) is -0.347. The van der Waals surface area contributed by atoms with Crippen molar-refractivity contribution >= 4 is 22.4 Å². The van der Waals surface area contributed by atoms with Crippen molar-refractivity contribution in [3.8, 4) is 0 Å². The van der Waals surface area contributed by atoms with Crippen LogP contribution in [0, 0.1) is 10.1 Å². The Morgan fingerprint density at radius 3 is 2.81 bits per heavy atom. The van der Waals surface area contributed by atoms with Crippen LogP contribution in [0.4, 0.5) is 9.80 Å². The Bertz CT molecular complexity index is 538. The fourth-order valence-corrected chi connectivity index (χ4v) is 2.95. The third kappa shape index (κ3) is 4.15. The summed E-state index contributed by atoms with van der Waals surface area (Å²) in [6, 6.07) is 3.14. The Balaban J connectivity index is 2.03. The second-order valence-electron chi connectivity index (χ2n) is 5.87. The average molecular weight is 313 g/mol. The van der Waals surface area contributed by atoms with Crippen LogP contribution in [0.5, 0.6) is 0 Å². The van der Waals surface area contributed by atoms with Crippen LogP contribution in [0.2, 0.25) is 0 Å². The summed E-state index contributed by atoms with van der Waals surface area (Å²) in [4.78, 5) is 24.9. The molecule has 1 unspecified atom stereocenters. The topological polar surface area (TPSA) is 84.7 Å². The number of ether oxygens (including phenoxy) is 1. The van der Waals surface area contributed by atoms with Crippen LogP contribution < -0.4 is 5.32 Å². The number of thiophene rings is 1. The van der Waals surface area contributed by atoms with E-state index in [9.17, 15) is 14.9 Å². The van der Waals surface area contributed by atoms with Crippen LogP contribution >= 0.6 is 11.3 Å². The Labute approximate surface area is 127 Å². The normalized spacial score (nSPS) is 19.4. The van der Waals surface area contributed by atoms with Gasteiger partial charge in [0, 0.05) is 30.6 Å². The lowest BCUT2D eigenvalue weighted by molar-refractivity contribution is -0.380. The van der Waals surface area contributed by atoms with E-state index in [4.69, 9.17) is 4.74 Å². The lowest BCUT2D eigenvalue weighted by atomic mass is 10.2. The van der Waals surface area contributed by atoms with E-state index in [0.29, 0.717) is 19.6 Å². The highest BCUT2D eigenvalue weighted by atomic mass is 32.1. The van der Waals surface area contributed by atoms with Crippen LogP contribution in [0.3, 0.4) is 0 Å². The summed E-state index contributed by atoms with van der Waals surface area (Å²) in [5, 5.41) is 14.1. The molecule has 1 aromatic heterocycles. The number of hydrogen-bond donors (Lipinski definition) is 1. The van der Waals surface area contributed by atoms with Gasteiger partial charge in [-0.15, -0.1) is 0 Å². The molecule has 1 aliphatic heterocycles. The second kappa shape index (κ2) is 5.98. The number of piperazine rings is 1. The molecule has 0 saturated carbocycles. The van der Waals surface area contributed by atoms with Crippen molar-refractivity contribution in [2.75, 3.05) is 19.6 Å². The molecule has 8 heteroatoms. The summed E-state index contributed by atoms with van der Waals surface area (Å²) in [5.41, 5.74) is -0.529. The van der Waals surface area contributed by atoms with Crippen molar-refractivity contribution in [3.63, 3.8) is 0 Å². The standard InChI is InChI=1S/C13H19N3O4S/c1-13(2,3)20-12(17)15-7-6-14-9(8-15)10-4-5-11(21-10)16(18)19/h4-5,9,14H,6-8H2,1-3H3. The Morgan fingerprint density at radius 1 is 1.52 bits per heavy atom. The van der Waals surface area contributed by atoms with Crippen LogP contribution in [0.15, 0.2) is 12.1 Å². The molecule has 21 heavy (non-hydrogen) atoms. The summed E-state index contributed by atoms with van der Waals surface area (Å²) in [7, 11) is 0. The molecule has 1 aliphatic rings. The van der Waals surface area contributed by atoms with Crippen molar-refractivity contribution in [2.45, 2.75) is 32.4 Å². The molecule has 116 valence electrons. The Hall–Kier alpha value is -1.67. The maximum Gasteiger partial charge on any atom is 0.410 e. The molecule has 7 nitrogen and oxygen atoms in total. The molecule has 1 aromatic rings. The molecule has 1 saturated heterocycles. The maximum absolute atomic E-state index is 12.1. The van der Waals surface area contributed by atoms with Crippen molar-refractivity contribution in [2.24, 2.45) is 0 Å². The predicted octanol–water partition coefficient (Wildman–Crippen LogP) is 2.54. The van der Waals surface area contributed by atoms with Crippen LogP contribution in [0.25, 0.3) is 0 Å². The molecule has 0 aliphatic carbocycles. The summed E-state index contributed by atoms with van der Waals surface area (Å²) in [6.45, 7) is 7.13. The molecule has 1 fully saturated rings. The number of rotatable bonds is 2. The number of carbonyl (C=O) groups is 1. The van der Waals surface area contributed by atoms with E-state index in [1.54, 1.807) is 11.0 Å². The molecule has 2 heterocycles. The number of carbonyl (C=O) groups excluding carboxylic acids is 1. The van der Waals surface area contributed by atoms with E-state index in [1.807, 2.05) is 20.8 Å². The largest absolute Gasteiger partial charge is 0.444 e. The van der Waals surface area contributed by atoms with E-state index < -0.39 is 10.5 Å². The molecule has 0 bridgehead atoms. The minimum Gasteiger partial charge on any atom is -0.444 e. The summed E-state index contributed by atoms with van der Waals surface area (Å²) in [5.74, 6) is 0. The average Bonchev–Trinajstić information content (AvgIpc) is 2.86. The first kappa shape index (κ1) is 15.7. The number of amides is 1. The van der Waals surface area contributed by atoms with Gasteiger partial charge in [-0.2, -0.15) is 0 Å². The van der Waals surface area contributed by atoms with Gasteiger partial charge in [-0.05, 0) is 26.8 Å². The highest BCUT2D eigenvalue weighted by molar-refractivity contribution is 7.15. The zero-order valence-corrected chi connectivity index (χ0v) is 13.1. The third-order valence-electron chi connectivity index (χ3n) is 2.96. The van der Waals surface area contributed by atoms with Crippen molar-refractivity contribution < 1.29 is 14.5 Å². The van der Waals surface area contributed by atoms with Crippen molar-refractivity contribution in [3.05, 3.63) is 27.1 Å². The zero-order chi connectivity index (χ0) is 15.6. The van der Waals surface area contributed by atoms with Crippen LogP contribution in [-0.2, 0) is 4.74 Å². The van der Waals surface area contributed by atoms with Crippen LogP contribution in [0.1, 0.15) is 31.7 Å². The Morgan fingerprint density at radius 2 is 2.24 bits per heavy atom. The first-order chi connectivity index (χ1) is 9.76. The van der Waals surface area contributed by atoms with Gasteiger partial charge in [-0.3, -0.25) is 10.1 Å². The number of nitrogens with zero attached hydrogens (tertiary/aromatic N) is 2. The predicted molar refractivity (Wildman–Crippen MR) is 79.5 cm³/mol. The molecule has 1 atom stereocenters. The van der Waals surface area contributed by atoms with Crippen molar-refractivity contribution in [1.29, 1.82) is 0 Å². The molecule has 0 aromatic carbocycles. The molecule has 1 N–H and O–H groups in total. The number of nitro groups is 1. The highest BCUT2D eigenvalue weighted by Crippen LogP contribution is 2.30. The zero-order valence-electron chi connectivity index (χ0n) is 12.3. The molecule has 0 radical (unpaired) electrons. The van der Waals surface area contributed by atoms with E-state index in [2.05, 4.69) is 5.32 Å². The minimum atomic E-state index is -0.529. The van der Waals surface area contributed by atoms with Gasteiger partial charge in [0.25, 0.3) is 0 Å². The van der Waals surface area contributed by atoms with Gasteiger partial charge in [0.15, 0.2) is 0 Å². The van der Waals surface area contributed by atoms with Gasteiger partial charge in [0.05, 0.1) is 11.0 Å². The SMILES string of the molecule is CC(C)(C)OC(=O)N1CCNC(c2ccc([N+](=O)[O-])s2)C1. The van der Waals surface area contributed by atoms with Gasteiger partial charge in [0.2, 0.25) is 0 Å². The van der Waals surface area contributed by atoms with Gasteiger partial charge >= 0.3 is 11.1 Å². The molecule has 1 amide bonds. The third-order valence-corrected chi connectivity index (χ3v) is 4.11. The quantitative estimate of drug-likeness (QED) is 0.670. The first-order valence-corrected chi connectivity index (χ1v) is 7.53.